The highest BCUT2D eigenvalue weighted by Crippen LogP contribution is 2.27. The van der Waals surface area contributed by atoms with Gasteiger partial charge < -0.3 is 10.1 Å². The molecule has 0 spiro atoms. The Balaban J connectivity index is 3.21. The summed E-state index contributed by atoms with van der Waals surface area (Å²) < 4.78 is 1.20. The molecule has 0 saturated heterocycles. The van der Waals surface area contributed by atoms with E-state index in [1.54, 1.807) is 6.92 Å². The van der Waals surface area contributed by atoms with Gasteiger partial charge >= 0.3 is 5.82 Å². The normalized spacial score (nSPS) is 12.9. The molecule has 0 aliphatic rings. The van der Waals surface area contributed by atoms with Crippen molar-refractivity contribution >= 4 is 17.4 Å². The molecule has 0 aliphatic heterocycles. The largest absolute Gasteiger partial charge is 0.358 e. The van der Waals surface area contributed by atoms with Crippen molar-refractivity contribution < 1.29 is 4.92 Å². The van der Waals surface area contributed by atoms with Crippen molar-refractivity contribution in [3.05, 3.63) is 21.9 Å². The summed E-state index contributed by atoms with van der Waals surface area (Å²) in [6, 6.07) is 0. The topological polar surface area (TPSA) is 61.0 Å². The van der Waals surface area contributed by atoms with Crippen molar-refractivity contribution in [3.63, 3.8) is 0 Å². The molecule has 66 valence electrons. The van der Waals surface area contributed by atoms with Gasteiger partial charge in [0.15, 0.2) is 0 Å². The van der Waals surface area contributed by atoms with Crippen molar-refractivity contribution in [1.29, 1.82) is 0 Å². The molecule has 1 aromatic heterocycles. The van der Waals surface area contributed by atoms with Gasteiger partial charge in [-0.15, -0.1) is 16.3 Å². The van der Waals surface area contributed by atoms with Gasteiger partial charge in [-0.25, -0.2) is 0 Å². The zero-order chi connectivity index (χ0) is 9.30. The molecule has 0 bridgehead atoms. The lowest BCUT2D eigenvalue weighted by molar-refractivity contribution is -0.393. The number of alkyl halides is 1. The molecular formula is C6H8ClN3O2. The van der Waals surface area contributed by atoms with Crippen LogP contribution in [0, 0.1) is 10.1 Å². The predicted octanol–water partition coefficient (Wildman–Crippen LogP) is 1.63. The van der Waals surface area contributed by atoms with Crippen LogP contribution in [-0.4, -0.2) is 14.7 Å². The van der Waals surface area contributed by atoms with Crippen LogP contribution in [0.25, 0.3) is 0 Å². The summed E-state index contributed by atoms with van der Waals surface area (Å²) in [5.41, 5.74) is 0.448. The maximum atomic E-state index is 10.5. The van der Waals surface area contributed by atoms with Gasteiger partial charge in [0.05, 0.1) is 17.1 Å². The summed E-state index contributed by atoms with van der Waals surface area (Å²) in [6.45, 7) is 1.67. The lowest BCUT2D eigenvalue weighted by atomic mass is 10.2. The third-order valence-electron chi connectivity index (χ3n) is 1.54. The first-order valence-electron chi connectivity index (χ1n) is 3.34. The van der Waals surface area contributed by atoms with E-state index < -0.39 is 4.92 Å². The summed E-state index contributed by atoms with van der Waals surface area (Å²) in [5.74, 6) is -0.0440. The molecule has 0 saturated carbocycles. The zero-order valence-electron chi connectivity index (χ0n) is 6.69. The first kappa shape index (κ1) is 8.99. The number of aromatic nitrogens is 2. The average molecular weight is 190 g/mol. The van der Waals surface area contributed by atoms with Crippen LogP contribution in [0.1, 0.15) is 17.9 Å². The van der Waals surface area contributed by atoms with Crippen LogP contribution in [0.2, 0.25) is 0 Å². The van der Waals surface area contributed by atoms with E-state index in [-0.39, 0.29) is 11.2 Å². The Labute approximate surface area is 74.1 Å². The van der Waals surface area contributed by atoms with E-state index in [1.165, 1.54) is 17.9 Å². The molecule has 0 radical (unpaired) electrons. The van der Waals surface area contributed by atoms with Crippen molar-refractivity contribution in [3.8, 4) is 0 Å². The number of rotatable bonds is 2. The number of hydrogen-bond donors (Lipinski definition) is 0. The van der Waals surface area contributed by atoms with E-state index >= 15 is 0 Å². The number of nitro groups is 1. The number of aryl methyl sites for hydroxylation is 1. The Hall–Kier alpha value is -1.10. The van der Waals surface area contributed by atoms with E-state index in [2.05, 4.69) is 5.10 Å². The predicted molar refractivity (Wildman–Crippen MR) is 44.1 cm³/mol. The van der Waals surface area contributed by atoms with Gasteiger partial charge in [-0.3, -0.25) is 0 Å². The lowest BCUT2D eigenvalue weighted by Gasteiger charge is -1.99. The smallest absolute Gasteiger partial charge is 0.349 e. The summed E-state index contributed by atoms with van der Waals surface area (Å²) >= 11 is 5.71. The molecule has 0 N–H and O–H groups in total. The molecule has 0 amide bonds. The van der Waals surface area contributed by atoms with Gasteiger partial charge in [-0.1, -0.05) is 5.10 Å². The minimum absolute atomic E-state index is 0.0440. The van der Waals surface area contributed by atoms with Crippen LogP contribution in [0.5, 0.6) is 0 Å². The molecule has 6 heteroatoms. The fraction of sp³-hybridized carbons (Fsp3) is 0.500. The molecular weight excluding hydrogens is 182 g/mol. The van der Waals surface area contributed by atoms with Crippen LogP contribution in [0.3, 0.4) is 0 Å². The number of hydrogen-bond acceptors (Lipinski definition) is 3. The van der Waals surface area contributed by atoms with Gasteiger partial charge in [-0.05, 0) is 11.8 Å². The minimum atomic E-state index is -0.485. The van der Waals surface area contributed by atoms with Crippen molar-refractivity contribution in [1.82, 2.24) is 9.78 Å². The Kier molecular flexibility index (Phi) is 2.32. The van der Waals surface area contributed by atoms with E-state index in [9.17, 15) is 10.1 Å². The second-order valence-corrected chi connectivity index (χ2v) is 3.07. The van der Waals surface area contributed by atoms with Crippen molar-refractivity contribution in [2.24, 2.45) is 7.05 Å². The summed E-state index contributed by atoms with van der Waals surface area (Å²) in [5, 5.41) is 13.9. The Morgan fingerprint density at radius 1 is 1.83 bits per heavy atom. The Bertz CT molecular complexity index is 308. The Morgan fingerprint density at radius 3 is 2.75 bits per heavy atom. The maximum absolute atomic E-state index is 10.5. The fourth-order valence-electron chi connectivity index (χ4n) is 0.952. The highest BCUT2D eigenvalue weighted by Gasteiger charge is 2.21. The molecule has 1 unspecified atom stereocenters. The molecule has 12 heavy (non-hydrogen) atoms. The van der Waals surface area contributed by atoms with Gasteiger partial charge in [0, 0.05) is 0 Å². The highest BCUT2D eigenvalue weighted by atomic mass is 35.5. The van der Waals surface area contributed by atoms with Crippen LogP contribution < -0.4 is 0 Å². The molecule has 1 heterocycles. The maximum Gasteiger partial charge on any atom is 0.349 e. The average Bonchev–Trinajstić information content (AvgIpc) is 2.30. The summed E-state index contributed by atoms with van der Waals surface area (Å²) in [4.78, 5) is 10.0. The molecule has 5 nitrogen and oxygen atoms in total. The van der Waals surface area contributed by atoms with Gasteiger partial charge in [-0.2, -0.15) is 0 Å². The number of nitrogens with zero attached hydrogens (tertiary/aromatic N) is 3. The fourth-order valence-corrected chi connectivity index (χ4v) is 1.11. The molecule has 1 atom stereocenters. The van der Waals surface area contributed by atoms with Crippen LogP contribution >= 0.6 is 11.6 Å². The third-order valence-corrected chi connectivity index (χ3v) is 1.77. The second kappa shape index (κ2) is 3.10. The lowest BCUT2D eigenvalue weighted by Crippen LogP contribution is -2.00. The number of halogens is 1. The van der Waals surface area contributed by atoms with Gasteiger partial charge in [0.25, 0.3) is 0 Å². The van der Waals surface area contributed by atoms with E-state index in [4.69, 9.17) is 11.6 Å². The minimum Gasteiger partial charge on any atom is -0.358 e. The molecule has 0 aromatic carbocycles. The molecule has 0 fully saturated rings. The van der Waals surface area contributed by atoms with Gasteiger partial charge in [0.1, 0.15) is 7.05 Å². The van der Waals surface area contributed by atoms with Crippen molar-refractivity contribution in [2.75, 3.05) is 0 Å². The van der Waals surface area contributed by atoms with Crippen LogP contribution in [0.4, 0.5) is 5.82 Å². The molecule has 0 aliphatic carbocycles. The highest BCUT2D eigenvalue weighted by molar-refractivity contribution is 6.20. The van der Waals surface area contributed by atoms with E-state index in [1.807, 2.05) is 0 Å². The zero-order valence-corrected chi connectivity index (χ0v) is 7.45. The van der Waals surface area contributed by atoms with Gasteiger partial charge in [0.2, 0.25) is 0 Å². The Morgan fingerprint density at radius 2 is 2.42 bits per heavy atom. The SMILES string of the molecule is CC(Cl)c1cnn(C)c1[N+](=O)[O-]. The quantitative estimate of drug-likeness (QED) is 0.404. The monoisotopic (exact) mass is 189 g/mol. The first-order chi connectivity index (χ1) is 5.54. The van der Waals surface area contributed by atoms with Crippen molar-refractivity contribution in [2.45, 2.75) is 12.3 Å². The van der Waals surface area contributed by atoms with E-state index in [0.29, 0.717) is 5.56 Å². The summed E-state index contributed by atoms with van der Waals surface area (Å²) in [6.07, 6.45) is 1.41. The summed E-state index contributed by atoms with van der Waals surface area (Å²) in [7, 11) is 1.51. The van der Waals surface area contributed by atoms with Crippen LogP contribution in [-0.2, 0) is 7.05 Å². The molecule has 1 rings (SSSR count). The standard InChI is InChI=1S/C6H8ClN3O2/c1-4(7)5-3-8-9(2)6(5)10(11)12/h3-4H,1-2H3. The van der Waals surface area contributed by atoms with E-state index in [0.717, 1.165) is 0 Å². The third kappa shape index (κ3) is 1.40. The molecule has 1 aromatic rings. The second-order valence-electron chi connectivity index (χ2n) is 2.42. The van der Waals surface area contributed by atoms with Crippen LogP contribution in [0.15, 0.2) is 6.20 Å². The first-order valence-corrected chi connectivity index (χ1v) is 3.78.